The van der Waals surface area contributed by atoms with E-state index in [1.807, 2.05) is 0 Å². The van der Waals surface area contributed by atoms with Gasteiger partial charge in [-0.05, 0) is 102 Å². The second-order valence-corrected chi connectivity index (χ2v) is 13.9. The Balaban J connectivity index is 0.000000300. The van der Waals surface area contributed by atoms with Gasteiger partial charge in [0.15, 0.2) is 0 Å². The monoisotopic (exact) mass is 770 g/mol. The second-order valence-electron chi connectivity index (χ2n) is 13.9. The van der Waals surface area contributed by atoms with E-state index in [0.717, 1.165) is 0 Å². The summed E-state index contributed by atoms with van der Waals surface area (Å²) in [5.41, 5.74) is 1.21. The van der Waals surface area contributed by atoms with Crippen LogP contribution in [0.3, 0.4) is 0 Å². The number of rotatable bonds is 10. The minimum Gasteiger partial charge on any atom is -0.478 e. The smallest absolute Gasteiger partial charge is 0.412 e. The molecule has 296 valence electrons. The second kappa shape index (κ2) is 18.8. The van der Waals surface area contributed by atoms with Crippen LogP contribution in [0.4, 0.5) is 43.7 Å². The molecule has 0 aliphatic heterocycles. The zero-order valence-electron chi connectivity index (χ0n) is 32.2. The molecule has 4 amide bonds. The molecule has 0 heterocycles. The summed E-state index contributed by atoms with van der Waals surface area (Å²) in [5, 5.41) is 34.9. The Morgan fingerprint density at radius 3 is 1.29 bits per heavy atom. The molecule has 0 spiro atoms. The third-order valence-electron chi connectivity index (χ3n) is 7.18. The van der Waals surface area contributed by atoms with Crippen LogP contribution in [0, 0.1) is 0 Å². The van der Waals surface area contributed by atoms with Gasteiger partial charge in [0.25, 0.3) is 11.8 Å². The number of carboxylic acids is 2. The van der Waals surface area contributed by atoms with Crippen LogP contribution >= 0.6 is 0 Å². The number of nitrogens with one attached hydrogen (secondary N) is 6. The van der Waals surface area contributed by atoms with Crippen molar-refractivity contribution in [3.8, 4) is 0 Å². The lowest BCUT2D eigenvalue weighted by Gasteiger charge is -2.21. The first-order valence-electron chi connectivity index (χ1n) is 17.1. The Kier molecular flexibility index (Phi) is 14.5. The highest BCUT2D eigenvalue weighted by Gasteiger charge is 2.22. The largest absolute Gasteiger partial charge is 0.478 e. The summed E-state index contributed by atoms with van der Waals surface area (Å²) in [5.74, 6) is -3.58. The van der Waals surface area contributed by atoms with Gasteiger partial charge in [0.05, 0.1) is 45.0 Å². The fraction of sp³-hybridized carbons (Fsp3) is 0.250. The summed E-state index contributed by atoms with van der Waals surface area (Å²) >= 11 is 0. The lowest BCUT2D eigenvalue weighted by Crippen LogP contribution is -2.27. The van der Waals surface area contributed by atoms with Gasteiger partial charge in [0.2, 0.25) is 0 Å². The van der Waals surface area contributed by atoms with Crippen molar-refractivity contribution in [3.05, 3.63) is 107 Å². The molecule has 0 unspecified atom stereocenters. The molecule has 16 heteroatoms. The summed E-state index contributed by atoms with van der Waals surface area (Å²) in [4.78, 5) is 72.0. The maximum Gasteiger partial charge on any atom is 0.412 e. The van der Waals surface area contributed by atoms with Crippen LogP contribution in [0.5, 0.6) is 0 Å². The summed E-state index contributed by atoms with van der Waals surface area (Å²) in [6.45, 7) is 10.5. The van der Waals surface area contributed by atoms with E-state index >= 15 is 0 Å². The number of amides is 4. The number of carboxylic acid groups (broad SMARTS) is 2. The van der Waals surface area contributed by atoms with Crippen LogP contribution in [-0.4, -0.2) is 71.4 Å². The number of carbonyl (C=O) groups is 6. The van der Waals surface area contributed by atoms with Crippen molar-refractivity contribution in [3.63, 3.8) is 0 Å². The van der Waals surface area contributed by atoms with Gasteiger partial charge in [-0.25, -0.2) is 19.2 Å². The number of aromatic carboxylic acids is 2. The Morgan fingerprint density at radius 2 is 0.857 bits per heavy atom. The van der Waals surface area contributed by atoms with Crippen LogP contribution in [0.2, 0.25) is 0 Å². The van der Waals surface area contributed by atoms with Crippen LogP contribution < -0.4 is 31.9 Å². The fourth-order valence-electron chi connectivity index (χ4n) is 4.81. The van der Waals surface area contributed by atoms with E-state index in [4.69, 9.17) is 9.47 Å². The predicted molar refractivity (Wildman–Crippen MR) is 214 cm³/mol. The standard InChI is InChI=1S/2C20H23N3O5/c1-20(2,3)28-19(27)23-16-11-12(9-10-15(16)21-4)22-17(24)13-7-5-6-8-14(13)18(25)26;1-20(2,3)28-19(27)23-16-11-12(21-4)9-10-15(16)22-17(24)13-7-5-6-8-14(13)18(25)26/h2*5-11,21H,1-4H3,(H,22,24)(H,23,27)(H,25,26). The van der Waals surface area contributed by atoms with Gasteiger partial charge in [0, 0.05) is 25.5 Å². The highest BCUT2D eigenvalue weighted by Crippen LogP contribution is 2.29. The van der Waals surface area contributed by atoms with Crippen molar-refractivity contribution >= 4 is 70.1 Å². The first kappa shape index (κ1) is 43.3. The van der Waals surface area contributed by atoms with Gasteiger partial charge in [-0.1, -0.05) is 24.3 Å². The van der Waals surface area contributed by atoms with E-state index in [2.05, 4.69) is 31.9 Å². The molecular formula is C40H46N6O10. The average Bonchev–Trinajstić information content (AvgIpc) is 3.11. The van der Waals surface area contributed by atoms with E-state index in [1.54, 1.807) is 110 Å². The first-order chi connectivity index (χ1) is 26.2. The first-order valence-corrected chi connectivity index (χ1v) is 17.1. The van der Waals surface area contributed by atoms with Crippen molar-refractivity contribution in [1.82, 2.24) is 0 Å². The number of carbonyl (C=O) groups excluding carboxylic acids is 4. The molecule has 0 aliphatic rings. The molecule has 0 saturated carbocycles. The minimum atomic E-state index is -1.21. The van der Waals surface area contributed by atoms with E-state index in [-0.39, 0.29) is 22.3 Å². The van der Waals surface area contributed by atoms with Crippen LogP contribution in [-0.2, 0) is 9.47 Å². The highest BCUT2D eigenvalue weighted by atomic mass is 16.6. The fourth-order valence-corrected chi connectivity index (χ4v) is 4.81. The molecule has 0 bridgehead atoms. The molecule has 0 fully saturated rings. The molecule has 4 aromatic carbocycles. The third-order valence-corrected chi connectivity index (χ3v) is 7.18. The Bertz CT molecular complexity index is 2100. The SMILES string of the molecule is CNc1ccc(NC(=O)c2ccccc2C(=O)O)c(NC(=O)OC(C)(C)C)c1.CNc1ccc(NC(=O)c2ccccc2C(=O)O)cc1NC(=O)OC(C)(C)C. The number of anilines is 6. The summed E-state index contributed by atoms with van der Waals surface area (Å²) in [6, 6.07) is 21.6. The lowest BCUT2D eigenvalue weighted by molar-refractivity contribution is 0.0624. The summed E-state index contributed by atoms with van der Waals surface area (Å²) < 4.78 is 10.5. The molecule has 0 aromatic heterocycles. The topological polar surface area (TPSA) is 234 Å². The zero-order valence-corrected chi connectivity index (χ0v) is 32.2. The van der Waals surface area contributed by atoms with Crippen molar-refractivity contribution in [2.75, 3.05) is 46.0 Å². The van der Waals surface area contributed by atoms with E-state index in [0.29, 0.717) is 34.1 Å². The zero-order chi connectivity index (χ0) is 41.8. The number of hydrogen-bond donors (Lipinski definition) is 8. The Hall–Kier alpha value is -7.10. The third kappa shape index (κ3) is 13.1. The van der Waals surface area contributed by atoms with Crippen molar-refractivity contribution < 1.29 is 48.5 Å². The Morgan fingerprint density at radius 1 is 0.464 bits per heavy atom. The molecule has 0 saturated heterocycles. The van der Waals surface area contributed by atoms with Crippen LogP contribution in [0.15, 0.2) is 84.9 Å². The molecular weight excluding hydrogens is 724 g/mol. The van der Waals surface area contributed by atoms with Crippen LogP contribution in [0.1, 0.15) is 83.0 Å². The highest BCUT2D eigenvalue weighted by molar-refractivity contribution is 6.12. The normalized spacial score (nSPS) is 10.7. The molecule has 4 aromatic rings. The number of hydrogen-bond acceptors (Lipinski definition) is 10. The van der Waals surface area contributed by atoms with Gasteiger partial charge in [0.1, 0.15) is 11.2 Å². The molecule has 16 nitrogen and oxygen atoms in total. The molecule has 4 rings (SSSR count). The predicted octanol–water partition coefficient (Wildman–Crippen LogP) is 8.05. The maximum atomic E-state index is 12.6. The van der Waals surface area contributed by atoms with Gasteiger partial charge < -0.3 is 41.0 Å². The van der Waals surface area contributed by atoms with E-state index < -0.39 is 47.1 Å². The summed E-state index contributed by atoms with van der Waals surface area (Å²) in [7, 11) is 3.41. The van der Waals surface area contributed by atoms with Gasteiger partial charge in [-0.2, -0.15) is 0 Å². The summed E-state index contributed by atoms with van der Waals surface area (Å²) in [6.07, 6.45) is -1.31. The van der Waals surface area contributed by atoms with Gasteiger partial charge >= 0.3 is 24.1 Å². The van der Waals surface area contributed by atoms with Crippen molar-refractivity contribution in [2.45, 2.75) is 52.7 Å². The molecule has 0 aliphatic carbocycles. The number of ether oxygens (including phenoxy) is 2. The minimum absolute atomic E-state index is 0.0101. The molecule has 8 N–H and O–H groups in total. The van der Waals surface area contributed by atoms with E-state index in [9.17, 15) is 39.0 Å². The average molecular weight is 771 g/mol. The van der Waals surface area contributed by atoms with Crippen molar-refractivity contribution in [2.24, 2.45) is 0 Å². The lowest BCUT2D eigenvalue weighted by atomic mass is 10.1. The maximum absolute atomic E-state index is 12.6. The van der Waals surface area contributed by atoms with Gasteiger partial charge in [-0.15, -0.1) is 0 Å². The number of benzene rings is 4. The van der Waals surface area contributed by atoms with E-state index in [1.165, 1.54) is 30.3 Å². The van der Waals surface area contributed by atoms with Crippen LogP contribution in [0.25, 0.3) is 0 Å². The molecule has 56 heavy (non-hydrogen) atoms. The molecule has 0 radical (unpaired) electrons. The quantitative estimate of drug-likeness (QED) is 0.0765. The molecule has 0 atom stereocenters. The van der Waals surface area contributed by atoms with Crippen molar-refractivity contribution in [1.29, 1.82) is 0 Å². The Labute approximate surface area is 324 Å². The van der Waals surface area contributed by atoms with Gasteiger partial charge in [-0.3, -0.25) is 20.2 Å².